The first-order valence-electron chi connectivity index (χ1n) is 9.32. The summed E-state index contributed by atoms with van der Waals surface area (Å²) in [6.45, 7) is 5.55. The Balaban J connectivity index is 1.70. The molecule has 0 saturated heterocycles. The van der Waals surface area contributed by atoms with Crippen LogP contribution in [-0.4, -0.2) is 25.1 Å². The van der Waals surface area contributed by atoms with E-state index in [-0.39, 0.29) is 12.5 Å². The topological polar surface area (TPSA) is 81.3 Å². The summed E-state index contributed by atoms with van der Waals surface area (Å²) in [5, 5.41) is 7.21. The molecule has 0 radical (unpaired) electrons. The van der Waals surface area contributed by atoms with Crippen molar-refractivity contribution in [2.75, 3.05) is 5.32 Å². The van der Waals surface area contributed by atoms with Crippen molar-refractivity contribution >= 4 is 17.2 Å². The van der Waals surface area contributed by atoms with Gasteiger partial charge in [-0.15, -0.1) is 5.10 Å². The molecule has 1 N–H and O–H groups in total. The van der Waals surface area contributed by atoms with Gasteiger partial charge in [0.25, 0.3) is 0 Å². The van der Waals surface area contributed by atoms with Crippen LogP contribution in [-0.2, 0) is 11.3 Å². The van der Waals surface area contributed by atoms with Crippen LogP contribution in [0.15, 0.2) is 59.4 Å². The quantitative estimate of drug-likeness (QED) is 0.583. The van der Waals surface area contributed by atoms with E-state index < -0.39 is 5.69 Å². The molecule has 2 heterocycles. The highest BCUT2D eigenvalue weighted by Crippen LogP contribution is 2.18. The Labute approximate surface area is 167 Å². The van der Waals surface area contributed by atoms with Gasteiger partial charge in [-0.05, 0) is 38.0 Å². The minimum Gasteiger partial charge on any atom is -0.324 e. The molecule has 0 saturated carbocycles. The highest BCUT2D eigenvalue weighted by atomic mass is 16.2. The van der Waals surface area contributed by atoms with Crippen LogP contribution >= 0.6 is 0 Å². The number of aromatic nitrogens is 4. The van der Waals surface area contributed by atoms with Crippen LogP contribution in [0.1, 0.15) is 16.8 Å². The van der Waals surface area contributed by atoms with Gasteiger partial charge in [-0.25, -0.2) is 18.9 Å². The third kappa shape index (κ3) is 3.67. The largest absolute Gasteiger partial charge is 0.352 e. The number of hydrogen-bond donors (Lipinski definition) is 1. The average Bonchev–Trinajstić information content (AvgIpc) is 2.99. The van der Waals surface area contributed by atoms with Crippen LogP contribution in [0.4, 0.5) is 5.69 Å². The van der Waals surface area contributed by atoms with E-state index in [0.717, 1.165) is 28.1 Å². The Bertz CT molecular complexity index is 1270. The van der Waals surface area contributed by atoms with Gasteiger partial charge in [0.15, 0.2) is 5.65 Å². The molecule has 4 rings (SSSR count). The number of hydrogen-bond acceptors (Lipinski definition) is 4. The van der Waals surface area contributed by atoms with E-state index in [0.29, 0.717) is 11.5 Å². The maximum absolute atomic E-state index is 13.0. The molecule has 0 bridgehead atoms. The maximum Gasteiger partial charge on any atom is 0.352 e. The third-order valence-corrected chi connectivity index (χ3v) is 4.69. The lowest BCUT2D eigenvalue weighted by molar-refractivity contribution is -0.117. The fourth-order valence-corrected chi connectivity index (χ4v) is 3.23. The predicted octanol–water partition coefficient (Wildman–Crippen LogP) is 3.12. The Morgan fingerprint density at radius 1 is 1.03 bits per heavy atom. The van der Waals surface area contributed by atoms with E-state index in [9.17, 15) is 9.59 Å². The molecule has 0 fully saturated rings. The number of carbonyl (C=O) groups is 1. The first kappa shape index (κ1) is 18.6. The van der Waals surface area contributed by atoms with Gasteiger partial charge in [-0.3, -0.25) is 4.79 Å². The molecule has 0 aliphatic carbocycles. The summed E-state index contributed by atoms with van der Waals surface area (Å²) in [4.78, 5) is 30.1. The zero-order valence-corrected chi connectivity index (χ0v) is 16.5. The van der Waals surface area contributed by atoms with E-state index in [1.807, 2.05) is 69.3 Å². The number of nitrogens with zero attached hydrogens (tertiary/aromatic N) is 4. The first-order chi connectivity index (χ1) is 13.9. The number of fused-ring (bicyclic) bond motifs is 1. The number of benzene rings is 2. The van der Waals surface area contributed by atoms with E-state index in [1.165, 1.54) is 9.08 Å². The van der Waals surface area contributed by atoms with Gasteiger partial charge in [-0.2, -0.15) is 0 Å². The molecule has 0 atom stereocenters. The third-order valence-electron chi connectivity index (χ3n) is 4.69. The minimum absolute atomic E-state index is 0.179. The highest BCUT2D eigenvalue weighted by Gasteiger charge is 2.16. The monoisotopic (exact) mass is 387 g/mol. The van der Waals surface area contributed by atoms with Crippen molar-refractivity contribution in [2.24, 2.45) is 0 Å². The van der Waals surface area contributed by atoms with E-state index in [2.05, 4.69) is 15.4 Å². The summed E-state index contributed by atoms with van der Waals surface area (Å²) in [5.74, 6) is 0.196. The second-order valence-corrected chi connectivity index (χ2v) is 7.09. The minimum atomic E-state index is -0.400. The predicted molar refractivity (Wildman–Crippen MR) is 112 cm³/mol. The van der Waals surface area contributed by atoms with E-state index in [1.54, 1.807) is 6.07 Å². The number of anilines is 1. The molecule has 7 nitrogen and oxygen atoms in total. The van der Waals surface area contributed by atoms with Crippen LogP contribution in [0.3, 0.4) is 0 Å². The number of nitrogens with one attached hydrogen (secondary N) is 1. The molecule has 146 valence electrons. The van der Waals surface area contributed by atoms with Crippen molar-refractivity contribution in [3.63, 3.8) is 0 Å². The molecule has 0 aliphatic heterocycles. The summed E-state index contributed by atoms with van der Waals surface area (Å²) in [5.41, 5.74) is 4.34. The van der Waals surface area contributed by atoms with Crippen LogP contribution in [0.25, 0.3) is 17.0 Å². The van der Waals surface area contributed by atoms with E-state index in [4.69, 9.17) is 0 Å². The first-order valence-corrected chi connectivity index (χ1v) is 9.32. The van der Waals surface area contributed by atoms with Crippen LogP contribution in [0, 0.1) is 20.8 Å². The molecule has 29 heavy (non-hydrogen) atoms. The number of carbonyl (C=O) groups excluding carboxylic acids is 1. The number of aryl methyl sites for hydroxylation is 3. The summed E-state index contributed by atoms with van der Waals surface area (Å²) < 4.78 is 2.61. The normalized spacial score (nSPS) is 11.0. The van der Waals surface area contributed by atoms with Crippen molar-refractivity contribution in [3.8, 4) is 11.4 Å². The lowest BCUT2D eigenvalue weighted by Crippen LogP contribution is -2.29. The SMILES string of the molecule is Cc1ccc(C)c(NC(=O)Cn2nc3cc(C)nc(-c4ccccc4)n3c2=O)c1. The molecule has 0 unspecified atom stereocenters. The molecule has 1 amide bonds. The molecule has 0 spiro atoms. The summed E-state index contributed by atoms with van der Waals surface area (Å²) in [6.07, 6.45) is 0. The van der Waals surface area contributed by atoms with Gasteiger partial charge < -0.3 is 5.32 Å². The Hall–Kier alpha value is -3.74. The molecule has 0 aliphatic rings. The summed E-state index contributed by atoms with van der Waals surface area (Å²) >= 11 is 0. The lowest BCUT2D eigenvalue weighted by Gasteiger charge is -2.09. The van der Waals surface area contributed by atoms with Gasteiger partial charge in [0, 0.05) is 23.0 Å². The van der Waals surface area contributed by atoms with Crippen LogP contribution < -0.4 is 11.0 Å². The van der Waals surface area contributed by atoms with Gasteiger partial charge in [-0.1, -0.05) is 42.5 Å². The molecule has 2 aromatic heterocycles. The second kappa shape index (κ2) is 7.35. The van der Waals surface area contributed by atoms with Crippen molar-refractivity contribution < 1.29 is 4.79 Å². The van der Waals surface area contributed by atoms with Crippen LogP contribution in [0.5, 0.6) is 0 Å². The van der Waals surface area contributed by atoms with Gasteiger partial charge in [0.2, 0.25) is 5.91 Å². The van der Waals surface area contributed by atoms with Crippen LogP contribution in [0.2, 0.25) is 0 Å². The van der Waals surface area contributed by atoms with Gasteiger partial charge in [0.05, 0.1) is 0 Å². The standard InChI is InChI=1S/C22H21N5O2/c1-14-9-10-15(2)18(11-14)24-20(28)13-26-22(29)27-19(25-26)12-16(3)23-21(27)17-7-5-4-6-8-17/h4-12H,13H2,1-3H3,(H,24,28). The zero-order valence-electron chi connectivity index (χ0n) is 16.5. The number of rotatable bonds is 4. The second-order valence-electron chi connectivity index (χ2n) is 7.09. The molecular weight excluding hydrogens is 366 g/mol. The maximum atomic E-state index is 13.0. The fourth-order valence-electron chi connectivity index (χ4n) is 3.23. The van der Waals surface area contributed by atoms with Crippen molar-refractivity contribution in [3.05, 3.63) is 81.9 Å². The Morgan fingerprint density at radius 3 is 2.55 bits per heavy atom. The van der Waals surface area contributed by atoms with E-state index >= 15 is 0 Å². The average molecular weight is 387 g/mol. The molecule has 2 aromatic carbocycles. The zero-order chi connectivity index (χ0) is 20.5. The van der Waals surface area contributed by atoms with Gasteiger partial charge in [0.1, 0.15) is 12.4 Å². The van der Waals surface area contributed by atoms with Crippen molar-refractivity contribution in [1.82, 2.24) is 19.2 Å². The number of amides is 1. The van der Waals surface area contributed by atoms with Crippen molar-refractivity contribution in [2.45, 2.75) is 27.3 Å². The smallest absolute Gasteiger partial charge is 0.324 e. The molecule has 4 aromatic rings. The highest BCUT2D eigenvalue weighted by molar-refractivity contribution is 5.91. The Kier molecular flexibility index (Phi) is 4.72. The fraction of sp³-hybridized carbons (Fsp3) is 0.182. The van der Waals surface area contributed by atoms with Crippen molar-refractivity contribution in [1.29, 1.82) is 0 Å². The molecule has 7 heteroatoms. The lowest BCUT2D eigenvalue weighted by atomic mass is 10.1. The Morgan fingerprint density at radius 2 is 1.79 bits per heavy atom. The van der Waals surface area contributed by atoms with Gasteiger partial charge >= 0.3 is 5.69 Å². The summed E-state index contributed by atoms with van der Waals surface area (Å²) in [6, 6.07) is 17.0. The molecular formula is C22H21N5O2. The summed E-state index contributed by atoms with van der Waals surface area (Å²) in [7, 11) is 0.